The summed E-state index contributed by atoms with van der Waals surface area (Å²) in [6.45, 7) is 3.13. The molecule has 0 radical (unpaired) electrons. The number of hydrogen-bond donors (Lipinski definition) is 2. The molecule has 0 saturated carbocycles. The van der Waals surface area contributed by atoms with E-state index in [-0.39, 0.29) is 0 Å². The summed E-state index contributed by atoms with van der Waals surface area (Å²) >= 11 is 5.29. The molecule has 0 heterocycles. The van der Waals surface area contributed by atoms with Crippen molar-refractivity contribution in [2.45, 2.75) is 20.1 Å². The largest absolute Gasteiger partial charge is 0.493 e. The quantitative estimate of drug-likeness (QED) is 0.318. The summed E-state index contributed by atoms with van der Waals surface area (Å²) < 4.78 is 11.5. The first-order chi connectivity index (χ1) is 14.7. The predicted octanol–water partition coefficient (Wildman–Crippen LogP) is 4.58. The van der Waals surface area contributed by atoms with E-state index in [1.165, 1.54) is 5.56 Å². The van der Waals surface area contributed by atoms with E-state index in [9.17, 15) is 0 Å². The van der Waals surface area contributed by atoms with E-state index in [2.05, 4.69) is 34.9 Å². The number of nitrogens with one attached hydrogen (secondary N) is 2. The molecular weight excluding hydrogens is 394 g/mol. The number of hydrogen-bond acceptors (Lipinski definition) is 4. The second kappa shape index (κ2) is 11.0. The SMILES string of the molecule is COc1cccc(/C=N\NC(=S)NCc2ccccc2)c1OCc1cccc(C)c1. The van der Waals surface area contributed by atoms with Gasteiger partial charge in [0.05, 0.1) is 13.3 Å². The molecule has 0 atom stereocenters. The minimum absolute atomic E-state index is 0.438. The highest BCUT2D eigenvalue weighted by Gasteiger charge is 2.10. The van der Waals surface area contributed by atoms with E-state index in [0.717, 1.165) is 16.7 Å². The highest BCUT2D eigenvalue weighted by Crippen LogP contribution is 2.30. The zero-order chi connectivity index (χ0) is 21.2. The molecule has 0 bridgehead atoms. The van der Waals surface area contributed by atoms with Crippen LogP contribution in [-0.2, 0) is 13.2 Å². The molecule has 0 unspecified atom stereocenters. The first-order valence-corrected chi connectivity index (χ1v) is 10.0. The molecule has 3 rings (SSSR count). The van der Waals surface area contributed by atoms with Crippen LogP contribution in [0.1, 0.15) is 22.3 Å². The number of hydrazone groups is 1. The summed E-state index contributed by atoms with van der Waals surface area (Å²) in [4.78, 5) is 0. The van der Waals surface area contributed by atoms with E-state index >= 15 is 0 Å². The number of aryl methyl sites for hydroxylation is 1. The fourth-order valence-corrected chi connectivity index (χ4v) is 3.01. The number of nitrogens with zero attached hydrogens (tertiary/aromatic N) is 1. The molecule has 154 valence electrons. The molecule has 0 aromatic heterocycles. The van der Waals surface area contributed by atoms with Gasteiger partial charge in [-0.25, -0.2) is 0 Å². The third-order valence-corrected chi connectivity index (χ3v) is 4.60. The maximum Gasteiger partial charge on any atom is 0.187 e. The van der Waals surface area contributed by atoms with Gasteiger partial charge in [-0.15, -0.1) is 0 Å². The molecule has 0 fully saturated rings. The second-order valence-electron chi connectivity index (χ2n) is 6.69. The van der Waals surface area contributed by atoms with Crippen LogP contribution in [0, 0.1) is 6.92 Å². The van der Waals surface area contributed by atoms with Gasteiger partial charge in [0.25, 0.3) is 0 Å². The van der Waals surface area contributed by atoms with E-state index in [1.54, 1.807) is 13.3 Å². The second-order valence-corrected chi connectivity index (χ2v) is 7.10. The normalized spacial score (nSPS) is 10.6. The number of benzene rings is 3. The van der Waals surface area contributed by atoms with Crippen molar-refractivity contribution in [3.8, 4) is 11.5 Å². The van der Waals surface area contributed by atoms with Crippen molar-refractivity contribution in [2.24, 2.45) is 5.10 Å². The Bertz CT molecular complexity index is 1010. The number of thiocarbonyl (C=S) groups is 1. The van der Waals surface area contributed by atoms with Crippen LogP contribution in [0.2, 0.25) is 0 Å². The molecule has 2 N–H and O–H groups in total. The molecule has 0 aliphatic carbocycles. The van der Waals surface area contributed by atoms with E-state index in [0.29, 0.717) is 29.8 Å². The van der Waals surface area contributed by atoms with Crippen molar-refractivity contribution >= 4 is 23.5 Å². The van der Waals surface area contributed by atoms with Gasteiger partial charge < -0.3 is 14.8 Å². The third-order valence-electron chi connectivity index (χ3n) is 4.36. The zero-order valence-corrected chi connectivity index (χ0v) is 17.9. The summed E-state index contributed by atoms with van der Waals surface area (Å²) in [7, 11) is 1.62. The summed E-state index contributed by atoms with van der Waals surface area (Å²) in [6, 6.07) is 23.9. The van der Waals surface area contributed by atoms with Crippen LogP contribution in [0.4, 0.5) is 0 Å². The van der Waals surface area contributed by atoms with Crippen molar-refractivity contribution in [1.82, 2.24) is 10.7 Å². The molecule has 0 spiro atoms. The monoisotopic (exact) mass is 419 g/mol. The topological polar surface area (TPSA) is 54.9 Å². The smallest absolute Gasteiger partial charge is 0.187 e. The summed E-state index contributed by atoms with van der Waals surface area (Å²) in [6.07, 6.45) is 1.67. The number of ether oxygens (including phenoxy) is 2. The fraction of sp³-hybridized carbons (Fsp3) is 0.167. The van der Waals surface area contributed by atoms with Crippen molar-refractivity contribution < 1.29 is 9.47 Å². The van der Waals surface area contributed by atoms with E-state index < -0.39 is 0 Å². The van der Waals surface area contributed by atoms with Crippen LogP contribution in [0.5, 0.6) is 11.5 Å². The summed E-state index contributed by atoms with van der Waals surface area (Å²) in [5, 5.41) is 7.81. The molecule has 3 aromatic carbocycles. The van der Waals surface area contributed by atoms with Crippen LogP contribution >= 0.6 is 12.2 Å². The van der Waals surface area contributed by atoms with Gasteiger partial charge in [0.15, 0.2) is 16.6 Å². The van der Waals surface area contributed by atoms with Gasteiger partial charge >= 0.3 is 0 Å². The van der Waals surface area contributed by atoms with Crippen molar-refractivity contribution in [2.75, 3.05) is 7.11 Å². The van der Waals surface area contributed by atoms with Crippen LogP contribution in [0.25, 0.3) is 0 Å². The lowest BCUT2D eigenvalue weighted by Crippen LogP contribution is -2.31. The van der Waals surface area contributed by atoms with Gasteiger partial charge in [-0.3, -0.25) is 5.43 Å². The van der Waals surface area contributed by atoms with Gasteiger partial charge in [-0.05, 0) is 42.4 Å². The van der Waals surface area contributed by atoms with Crippen molar-refractivity contribution in [1.29, 1.82) is 0 Å². The molecule has 0 aliphatic heterocycles. The Labute approximate surface area is 182 Å². The van der Waals surface area contributed by atoms with Gasteiger partial charge in [-0.1, -0.05) is 66.2 Å². The van der Waals surface area contributed by atoms with Gasteiger partial charge in [0.1, 0.15) is 6.61 Å². The zero-order valence-electron chi connectivity index (χ0n) is 17.1. The molecule has 3 aromatic rings. The van der Waals surface area contributed by atoms with Gasteiger partial charge in [-0.2, -0.15) is 5.10 Å². The molecule has 30 heavy (non-hydrogen) atoms. The average molecular weight is 420 g/mol. The van der Waals surface area contributed by atoms with E-state index in [1.807, 2.05) is 60.7 Å². The Morgan fingerprint density at radius 1 is 1.00 bits per heavy atom. The Morgan fingerprint density at radius 3 is 2.53 bits per heavy atom. The summed E-state index contributed by atoms with van der Waals surface area (Å²) in [5.74, 6) is 1.28. The summed E-state index contributed by atoms with van der Waals surface area (Å²) in [5.41, 5.74) is 7.06. The van der Waals surface area contributed by atoms with Crippen LogP contribution < -0.4 is 20.2 Å². The van der Waals surface area contributed by atoms with Crippen LogP contribution in [0.15, 0.2) is 77.9 Å². The van der Waals surface area contributed by atoms with Gasteiger partial charge in [0, 0.05) is 12.1 Å². The number of para-hydroxylation sites is 1. The maximum absolute atomic E-state index is 6.07. The molecule has 5 nitrogen and oxygen atoms in total. The van der Waals surface area contributed by atoms with Crippen LogP contribution in [0.3, 0.4) is 0 Å². The Hall–Kier alpha value is -3.38. The van der Waals surface area contributed by atoms with Crippen molar-refractivity contribution in [3.05, 3.63) is 95.1 Å². The Morgan fingerprint density at radius 2 is 1.77 bits per heavy atom. The maximum atomic E-state index is 6.07. The van der Waals surface area contributed by atoms with Crippen molar-refractivity contribution in [3.63, 3.8) is 0 Å². The third kappa shape index (κ3) is 6.32. The van der Waals surface area contributed by atoms with Gasteiger partial charge in [0.2, 0.25) is 0 Å². The molecule has 0 aliphatic rings. The first kappa shape index (κ1) is 21.3. The molecule has 0 saturated heterocycles. The lowest BCUT2D eigenvalue weighted by atomic mass is 10.1. The minimum Gasteiger partial charge on any atom is -0.493 e. The molecule has 6 heteroatoms. The number of methoxy groups -OCH3 is 1. The lowest BCUT2D eigenvalue weighted by molar-refractivity contribution is 0.284. The predicted molar refractivity (Wildman–Crippen MR) is 125 cm³/mol. The van der Waals surface area contributed by atoms with Crippen LogP contribution in [-0.4, -0.2) is 18.4 Å². The Balaban J connectivity index is 1.62. The Kier molecular flexibility index (Phi) is 7.80. The first-order valence-electron chi connectivity index (χ1n) is 9.62. The lowest BCUT2D eigenvalue weighted by Gasteiger charge is -2.13. The number of rotatable bonds is 8. The van der Waals surface area contributed by atoms with E-state index in [4.69, 9.17) is 21.7 Å². The fourth-order valence-electron chi connectivity index (χ4n) is 2.89. The standard InChI is InChI=1S/C24H25N3O2S/c1-18-8-6-11-20(14-18)17-29-23-21(12-7-13-22(23)28-2)16-26-27-24(30)25-15-19-9-4-3-5-10-19/h3-14,16H,15,17H2,1-2H3,(H2,25,27,30)/b26-16-. The average Bonchev–Trinajstić information content (AvgIpc) is 2.77. The highest BCUT2D eigenvalue weighted by atomic mass is 32.1. The molecule has 0 amide bonds. The molecular formula is C24H25N3O2S. The highest BCUT2D eigenvalue weighted by molar-refractivity contribution is 7.80. The minimum atomic E-state index is 0.438.